The van der Waals surface area contributed by atoms with E-state index in [2.05, 4.69) is 25.8 Å². The lowest BCUT2D eigenvalue weighted by atomic mass is 10.1. The Kier molecular flexibility index (Phi) is 5.31. The molecule has 0 unspecified atom stereocenters. The van der Waals surface area contributed by atoms with E-state index in [-0.39, 0.29) is 17.2 Å². The third kappa shape index (κ3) is 3.87. The molecule has 9 nitrogen and oxygen atoms in total. The number of oxazole rings is 1. The van der Waals surface area contributed by atoms with Gasteiger partial charge in [0.05, 0.1) is 16.5 Å². The minimum absolute atomic E-state index is 0.0817. The molecule has 2 atom stereocenters. The number of rotatable bonds is 5. The van der Waals surface area contributed by atoms with Crippen LogP contribution in [0.3, 0.4) is 0 Å². The van der Waals surface area contributed by atoms with Crippen LogP contribution in [0.5, 0.6) is 0 Å². The van der Waals surface area contributed by atoms with E-state index >= 15 is 0 Å². The number of carbonyl (C=O) groups excluding carboxylic acids is 1. The van der Waals surface area contributed by atoms with Crippen LogP contribution in [0.1, 0.15) is 26.7 Å². The molecule has 3 rings (SSSR count). The first kappa shape index (κ1) is 19.1. The van der Waals surface area contributed by atoms with Gasteiger partial charge in [-0.3, -0.25) is 24.4 Å². The molecule has 0 N–H and O–H groups in total. The van der Waals surface area contributed by atoms with Gasteiger partial charge < -0.3 is 9.32 Å². The van der Waals surface area contributed by atoms with Crippen LogP contribution in [-0.4, -0.2) is 57.4 Å². The molecule has 1 fully saturated rings. The van der Waals surface area contributed by atoms with Crippen LogP contribution < -0.4 is 5.76 Å². The van der Waals surface area contributed by atoms with Gasteiger partial charge in [-0.05, 0) is 33.4 Å². The third-order valence-corrected chi connectivity index (χ3v) is 5.35. The van der Waals surface area contributed by atoms with Crippen molar-refractivity contribution in [2.24, 2.45) is 0 Å². The number of carbonyl (C=O) groups is 1. The van der Waals surface area contributed by atoms with Crippen molar-refractivity contribution in [2.75, 3.05) is 20.1 Å². The van der Waals surface area contributed by atoms with E-state index < -0.39 is 10.7 Å². The van der Waals surface area contributed by atoms with Crippen molar-refractivity contribution < 1.29 is 14.1 Å². The summed E-state index contributed by atoms with van der Waals surface area (Å²) in [5.74, 6) is -0.488. The summed E-state index contributed by atoms with van der Waals surface area (Å²) in [7, 11) is 2.07. The van der Waals surface area contributed by atoms with Crippen molar-refractivity contribution in [3.05, 3.63) is 38.9 Å². The number of amides is 1. The highest BCUT2D eigenvalue weighted by Crippen LogP contribution is 2.20. The Hall–Kier alpha value is -2.68. The van der Waals surface area contributed by atoms with Gasteiger partial charge in [0.25, 0.3) is 5.69 Å². The lowest BCUT2D eigenvalue weighted by Crippen LogP contribution is -2.56. The van der Waals surface area contributed by atoms with Crippen molar-refractivity contribution in [2.45, 2.75) is 45.3 Å². The van der Waals surface area contributed by atoms with Crippen molar-refractivity contribution in [3.8, 4) is 0 Å². The predicted molar refractivity (Wildman–Crippen MR) is 99.6 cm³/mol. The molecule has 0 radical (unpaired) electrons. The average molecular weight is 376 g/mol. The van der Waals surface area contributed by atoms with Gasteiger partial charge in [0.2, 0.25) is 5.91 Å². The van der Waals surface area contributed by atoms with Crippen LogP contribution in [0, 0.1) is 10.1 Å². The Morgan fingerprint density at radius 1 is 1.30 bits per heavy atom. The monoisotopic (exact) mass is 376 g/mol. The third-order valence-electron chi connectivity index (χ3n) is 5.35. The zero-order valence-electron chi connectivity index (χ0n) is 15.8. The molecule has 1 saturated heterocycles. The van der Waals surface area contributed by atoms with Crippen LogP contribution in [0.4, 0.5) is 5.69 Å². The highest BCUT2D eigenvalue weighted by atomic mass is 16.6. The molecular formula is C18H24N4O5. The second kappa shape index (κ2) is 7.51. The molecule has 1 aliphatic rings. The normalized spacial score (nSPS) is 20.9. The van der Waals surface area contributed by atoms with E-state index in [0.717, 1.165) is 0 Å². The number of benzene rings is 1. The summed E-state index contributed by atoms with van der Waals surface area (Å²) in [6.45, 7) is 5.95. The molecule has 1 aromatic heterocycles. The number of hydrogen-bond acceptors (Lipinski definition) is 6. The van der Waals surface area contributed by atoms with Crippen LogP contribution in [-0.2, 0) is 11.3 Å². The van der Waals surface area contributed by atoms with Crippen LogP contribution in [0.25, 0.3) is 11.1 Å². The first-order chi connectivity index (χ1) is 12.8. The first-order valence-electron chi connectivity index (χ1n) is 9.05. The van der Waals surface area contributed by atoms with E-state index in [1.807, 2.05) is 4.90 Å². The number of likely N-dealkylation sites (N-methyl/N-ethyl adjacent to an activating group) is 1. The fourth-order valence-corrected chi connectivity index (χ4v) is 3.53. The van der Waals surface area contributed by atoms with E-state index in [4.69, 9.17) is 4.42 Å². The largest absolute Gasteiger partial charge is 0.419 e. The molecule has 0 saturated carbocycles. The van der Waals surface area contributed by atoms with Crippen molar-refractivity contribution in [1.82, 2.24) is 14.4 Å². The van der Waals surface area contributed by atoms with Gasteiger partial charge >= 0.3 is 5.76 Å². The molecule has 1 amide bonds. The van der Waals surface area contributed by atoms with Gasteiger partial charge in [-0.1, -0.05) is 0 Å². The standard InChI is InChI=1S/C18H24N4O5/c1-12-10-20(11-13(2)19(12)3)17(23)5-4-8-21-15-7-6-14(22(25)26)9-16(15)27-18(21)24/h6-7,9,12-13H,4-5,8,10-11H2,1-3H3/t12-,13-/m0/s1. The topological polar surface area (TPSA) is 102 Å². The number of nitro groups is 1. The Morgan fingerprint density at radius 3 is 2.59 bits per heavy atom. The summed E-state index contributed by atoms with van der Waals surface area (Å²) in [6, 6.07) is 4.71. The maximum absolute atomic E-state index is 12.5. The number of non-ortho nitro benzene ring substituents is 1. The Labute approximate surface area is 156 Å². The molecule has 27 heavy (non-hydrogen) atoms. The Morgan fingerprint density at radius 2 is 1.96 bits per heavy atom. The number of aromatic nitrogens is 1. The van der Waals surface area contributed by atoms with Crippen LogP contribution in [0.2, 0.25) is 0 Å². The molecule has 0 spiro atoms. The minimum Gasteiger partial charge on any atom is -0.407 e. The van der Waals surface area contributed by atoms with Gasteiger partial charge in [0.15, 0.2) is 5.58 Å². The number of piperazine rings is 1. The van der Waals surface area contributed by atoms with E-state index in [0.29, 0.717) is 50.1 Å². The lowest BCUT2D eigenvalue weighted by Gasteiger charge is -2.42. The molecule has 1 aliphatic heterocycles. The molecule has 0 bridgehead atoms. The molecule has 2 aromatic rings. The fourth-order valence-electron chi connectivity index (χ4n) is 3.53. The summed E-state index contributed by atoms with van der Waals surface area (Å²) in [5.41, 5.74) is 0.555. The molecule has 1 aromatic carbocycles. The number of fused-ring (bicyclic) bond motifs is 1. The summed E-state index contributed by atoms with van der Waals surface area (Å²) >= 11 is 0. The quantitative estimate of drug-likeness (QED) is 0.583. The minimum atomic E-state index is -0.570. The molecule has 0 aliphatic carbocycles. The molecule has 146 valence electrons. The molecule has 2 heterocycles. The molecular weight excluding hydrogens is 352 g/mol. The SMILES string of the molecule is C[C@H]1CN(C(=O)CCCn2c(=O)oc3cc([N+](=O)[O-])ccc32)C[C@H](C)N1C. The summed E-state index contributed by atoms with van der Waals surface area (Å²) in [5, 5.41) is 10.8. The highest BCUT2D eigenvalue weighted by Gasteiger charge is 2.28. The fraction of sp³-hybridized carbons (Fsp3) is 0.556. The van der Waals surface area contributed by atoms with Crippen molar-refractivity contribution >= 4 is 22.7 Å². The van der Waals surface area contributed by atoms with Crippen molar-refractivity contribution in [1.29, 1.82) is 0 Å². The maximum Gasteiger partial charge on any atom is 0.419 e. The Balaban J connectivity index is 1.64. The van der Waals surface area contributed by atoms with Gasteiger partial charge in [-0.25, -0.2) is 4.79 Å². The second-order valence-corrected chi connectivity index (χ2v) is 7.19. The van der Waals surface area contributed by atoms with Crippen LogP contribution >= 0.6 is 0 Å². The smallest absolute Gasteiger partial charge is 0.407 e. The predicted octanol–water partition coefficient (Wildman–Crippen LogP) is 1.83. The van der Waals surface area contributed by atoms with Crippen molar-refractivity contribution in [3.63, 3.8) is 0 Å². The Bertz CT molecular complexity index is 906. The first-order valence-corrected chi connectivity index (χ1v) is 9.05. The van der Waals surface area contributed by atoms with E-state index in [1.54, 1.807) is 0 Å². The van der Waals surface area contributed by atoms with E-state index in [1.165, 1.54) is 22.8 Å². The summed E-state index contributed by atoms with van der Waals surface area (Å²) in [4.78, 5) is 39.0. The summed E-state index contributed by atoms with van der Waals surface area (Å²) in [6.07, 6.45) is 0.842. The maximum atomic E-state index is 12.5. The number of hydrogen-bond donors (Lipinski definition) is 0. The number of nitro benzene ring substituents is 1. The van der Waals surface area contributed by atoms with Gasteiger partial charge in [0, 0.05) is 44.2 Å². The zero-order valence-corrected chi connectivity index (χ0v) is 15.8. The lowest BCUT2D eigenvalue weighted by molar-refractivity contribution is -0.384. The highest BCUT2D eigenvalue weighted by molar-refractivity contribution is 5.77. The van der Waals surface area contributed by atoms with Gasteiger partial charge in [-0.15, -0.1) is 0 Å². The van der Waals surface area contributed by atoms with Crippen LogP contribution in [0.15, 0.2) is 27.4 Å². The van der Waals surface area contributed by atoms with Gasteiger partial charge in [-0.2, -0.15) is 0 Å². The number of nitrogens with zero attached hydrogens (tertiary/aromatic N) is 4. The average Bonchev–Trinajstić information content (AvgIpc) is 2.93. The van der Waals surface area contributed by atoms with Gasteiger partial charge in [0.1, 0.15) is 0 Å². The second-order valence-electron chi connectivity index (χ2n) is 7.19. The number of aryl methyl sites for hydroxylation is 1. The van der Waals surface area contributed by atoms with E-state index in [9.17, 15) is 19.7 Å². The molecule has 9 heteroatoms. The zero-order chi connectivity index (χ0) is 19.7. The summed E-state index contributed by atoms with van der Waals surface area (Å²) < 4.78 is 6.52.